The van der Waals surface area contributed by atoms with Crippen LogP contribution in [0, 0.1) is 5.92 Å². The number of hydrogen-bond acceptors (Lipinski definition) is 4. The summed E-state index contributed by atoms with van der Waals surface area (Å²) in [6.45, 7) is 2.73. The first kappa shape index (κ1) is 16.1. The summed E-state index contributed by atoms with van der Waals surface area (Å²) >= 11 is 1.47. The number of hydrogen-bond donors (Lipinski definition) is 1. The van der Waals surface area contributed by atoms with Gasteiger partial charge in [0.15, 0.2) is 0 Å². The molecule has 1 fully saturated rings. The lowest BCUT2D eigenvalue weighted by atomic mass is 9.93. The van der Waals surface area contributed by atoms with Gasteiger partial charge in [-0.1, -0.05) is 12.1 Å². The highest BCUT2D eigenvalue weighted by Gasteiger charge is 2.34. The lowest BCUT2D eigenvalue weighted by Gasteiger charge is -2.36. The van der Waals surface area contributed by atoms with Gasteiger partial charge in [0.25, 0.3) is 5.91 Å². The standard InChI is InChI=1S/C19H19NO4S/c1-11-6-7-12(19(22)23)9-20(11)18(21)16-8-13-10-24-15-5-3-2-4-14(15)17(13)25-16/h2-5,8,11-12H,6-7,9-10H2,1H3,(H,22,23). The predicted molar refractivity (Wildman–Crippen MR) is 94.9 cm³/mol. The number of carboxylic acids is 1. The molecule has 2 unspecified atom stereocenters. The molecular formula is C19H19NO4S. The minimum absolute atomic E-state index is 0.0609. The quantitative estimate of drug-likeness (QED) is 0.891. The molecule has 1 amide bonds. The molecule has 0 radical (unpaired) electrons. The molecule has 2 aliphatic rings. The summed E-state index contributed by atoms with van der Waals surface area (Å²) in [6, 6.07) is 9.79. The third-order valence-corrected chi connectivity index (χ3v) is 6.23. The van der Waals surface area contributed by atoms with Crippen molar-refractivity contribution in [2.75, 3.05) is 6.54 Å². The maximum Gasteiger partial charge on any atom is 0.308 e. The molecule has 1 aromatic carbocycles. The average molecular weight is 357 g/mol. The van der Waals surface area contributed by atoms with Crippen LogP contribution in [0.3, 0.4) is 0 Å². The normalized spacial score (nSPS) is 21.9. The molecule has 25 heavy (non-hydrogen) atoms. The van der Waals surface area contributed by atoms with Crippen LogP contribution >= 0.6 is 11.3 Å². The Labute approximate surface area is 149 Å². The van der Waals surface area contributed by atoms with Gasteiger partial charge in [-0.15, -0.1) is 11.3 Å². The van der Waals surface area contributed by atoms with E-state index in [0.29, 0.717) is 17.9 Å². The highest BCUT2D eigenvalue weighted by atomic mass is 32.1. The van der Waals surface area contributed by atoms with E-state index in [4.69, 9.17) is 4.74 Å². The topological polar surface area (TPSA) is 66.8 Å². The fourth-order valence-electron chi connectivity index (χ4n) is 3.54. The summed E-state index contributed by atoms with van der Waals surface area (Å²) in [5, 5.41) is 9.28. The van der Waals surface area contributed by atoms with E-state index < -0.39 is 11.9 Å². The maximum absolute atomic E-state index is 13.0. The number of benzene rings is 1. The highest BCUT2D eigenvalue weighted by Crippen LogP contribution is 2.42. The van der Waals surface area contributed by atoms with E-state index in [1.165, 1.54) is 11.3 Å². The lowest BCUT2D eigenvalue weighted by Crippen LogP contribution is -2.47. The maximum atomic E-state index is 13.0. The predicted octanol–water partition coefficient (Wildman–Crippen LogP) is 3.63. The summed E-state index contributed by atoms with van der Waals surface area (Å²) in [5.41, 5.74) is 2.04. The van der Waals surface area contributed by atoms with Gasteiger partial charge in [-0.3, -0.25) is 9.59 Å². The zero-order valence-electron chi connectivity index (χ0n) is 13.9. The molecule has 2 aromatic rings. The van der Waals surface area contributed by atoms with Crippen molar-refractivity contribution in [1.82, 2.24) is 4.90 Å². The number of amides is 1. The number of fused-ring (bicyclic) bond motifs is 3. The number of carboxylic acid groups (broad SMARTS) is 1. The van der Waals surface area contributed by atoms with Crippen molar-refractivity contribution in [2.24, 2.45) is 5.92 Å². The van der Waals surface area contributed by atoms with Crippen LogP contribution in [-0.4, -0.2) is 34.5 Å². The van der Waals surface area contributed by atoms with Crippen LogP contribution in [0.15, 0.2) is 30.3 Å². The second-order valence-electron chi connectivity index (χ2n) is 6.67. The van der Waals surface area contributed by atoms with Crippen LogP contribution in [-0.2, 0) is 11.4 Å². The van der Waals surface area contributed by atoms with E-state index in [-0.39, 0.29) is 18.5 Å². The van der Waals surface area contributed by atoms with E-state index in [1.54, 1.807) is 4.90 Å². The Morgan fingerprint density at radius 3 is 2.88 bits per heavy atom. The molecule has 1 N–H and O–H groups in total. The molecule has 3 heterocycles. The number of nitrogens with zero attached hydrogens (tertiary/aromatic N) is 1. The molecule has 130 valence electrons. The number of para-hydroxylation sites is 1. The first-order chi connectivity index (χ1) is 12.0. The van der Waals surface area contributed by atoms with Crippen molar-refractivity contribution in [2.45, 2.75) is 32.4 Å². The average Bonchev–Trinajstić information content (AvgIpc) is 3.06. The molecule has 2 atom stereocenters. The number of aliphatic carboxylic acids is 1. The number of piperidine rings is 1. The zero-order chi connectivity index (χ0) is 17.6. The fraction of sp³-hybridized carbons (Fsp3) is 0.368. The van der Waals surface area contributed by atoms with Crippen molar-refractivity contribution in [1.29, 1.82) is 0 Å². The lowest BCUT2D eigenvalue weighted by molar-refractivity contribution is -0.143. The summed E-state index contributed by atoms with van der Waals surface area (Å²) in [7, 11) is 0. The van der Waals surface area contributed by atoms with Gasteiger partial charge >= 0.3 is 5.97 Å². The molecule has 5 nitrogen and oxygen atoms in total. The van der Waals surface area contributed by atoms with Gasteiger partial charge in [-0.05, 0) is 38.0 Å². The van der Waals surface area contributed by atoms with Gasteiger partial charge < -0.3 is 14.7 Å². The van der Waals surface area contributed by atoms with Crippen molar-refractivity contribution < 1.29 is 19.4 Å². The first-order valence-electron chi connectivity index (χ1n) is 8.43. The molecule has 1 saturated heterocycles. The SMILES string of the molecule is CC1CCC(C(=O)O)CN1C(=O)c1cc2c(s1)-c1ccccc1OC2. The molecule has 0 saturated carbocycles. The Morgan fingerprint density at radius 2 is 2.08 bits per heavy atom. The van der Waals surface area contributed by atoms with E-state index >= 15 is 0 Å². The zero-order valence-corrected chi connectivity index (χ0v) is 14.7. The highest BCUT2D eigenvalue weighted by molar-refractivity contribution is 7.17. The monoisotopic (exact) mass is 357 g/mol. The third kappa shape index (κ3) is 2.80. The summed E-state index contributed by atoms with van der Waals surface area (Å²) in [5.74, 6) is -0.528. The van der Waals surface area contributed by atoms with Crippen molar-refractivity contribution in [3.63, 3.8) is 0 Å². The van der Waals surface area contributed by atoms with Gasteiger partial charge in [0.2, 0.25) is 0 Å². The Kier molecular flexibility index (Phi) is 4.00. The number of rotatable bonds is 2. The van der Waals surface area contributed by atoms with Crippen LogP contribution in [0.25, 0.3) is 10.4 Å². The van der Waals surface area contributed by atoms with Crippen LogP contribution in [0.5, 0.6) is 5.75 Å². The Balaban J connectivity index is 1.64. The second-order valence-corrected chi connectivity index (χ2v) is 7.72. The van der Waals surface area contributed by atoms with Gasteiger partial charge in [0.1, 0.15) is 12.4 Å². The Bertz CT molecular complexity index is 844. The van der Waals surface area contributed by atoms with E-state index in [1.807, 2.05) is 37.3 Å². The smallest absolute Gasteiger partial charge is 0.308 e. The Morgan fingerprint density at radius 1 is 1.28 bits per heavy atom. The number of ether oxygens (including phenoxy) is 1. The van der Waals surface area contributed by atoms with Crippen LogP contribution in [0.1, 0.15) is 35.0 Å². The molecule has 2 aliphatic heterocycles. The summed E-state index contributed by atoms with van der Waals surface area (Å²) < 4.78 is 5.76. The van der Waals surface area contributed by atoms with Crippen molar-refractivity contribution in [3.05, 3.63) is 40.8 Å². The number of likely N-dealkylation sites (tertiary alicyclic amines) is 1. The molecular weight excluding hydrogens is 338 g/mol. The summed E-state index contributed by atoms with van der Waals surface area (Å²) in [6.07, 6.45) is 1.35. The largest absolute Gasteiger partial charge is 0.488 e. The van der Waals surface area contributed by atoms with Crippen LogP contribution < -0.4 is 4.74 Å². The Hall–Kier alpha value is -2.34. The molecule has 6 heteroatoms. The van der Waals surface area contributed by atoms with Crippen molar-refractivity contribution >= 4 is 23.2 Å². The first-order valence-corrected chi connectivity index (χ1v) is 9.25. The second kappa shape index (κ2) is 6.19. The molecule has 0 spiro atoms. The van der Waals surface area contributed by atoms with Crippen LogP contribution in [0.2, 0.25) is 0 Å². The molecule has 0 bridgehead atoms. The molecule has 4 rings (SSSR count). The minimum Gasteiger partial charge on any atom is -0.488 e. The molecule has 0 aliphatic carbocycles. The van der Waals surface area contributed by atoms with E-state index in [2.05, 4.69) is 0 Å². The van der Waals surface area contributed by atoms with Gasteiger partial charge in [0, 0.05) is 28.6 Å². The number of carbonyl (C=O) groups excluding carboxylic acids is 1. The minimum atomic E-state index is -0.822. The van der Waals surface area contributed by atoms with Gasteiger partial charge in [0.05, 0.1) is 10.8 Å². The fourth-order valence-corrected chi connectivity index (χ4v) is 4.69. The van der Waals surface area contributed by atoms with Crippen molar-refractivity contribution in [3.8, 4) is 16.2 Å². The van der Waals surface area contributed by atoms with E-state index in [0.717, 1.165) is 28.2 Å². The van der Waals surface area contributed by atoms with E-state index in [9.17, 15) is 14.7 Å². The van der Waals surface area contributed by atoms with Crippen LogP contribution in [0.4, 0.5) is 0 Å². The summed E-state index contributed by atoms with van der Waals surface area (Å²) in [4.78, 5) is 27.8. The number of thiophene rings is 1. The molecule has 1 aromatic heterocycles. The third-order valence-electron chi connectivity index (χ3n) is 5.03. The van der Waals surface area contributed by atoms with Gasteiger partial charge in [-0.2, -0.15) is 0 Å². The van der Waals surface area contributed by atoms with Gasteiger partial charge in [-0.25, -0.2) is 0 Å². The number of carbonyl (C=O) groups is 2.